The molecule has 5 heterocycles. The average molecular weight is 507 g/mol. The van der Waals surface area contributed by atoms with Crippen LogP contribution < -0.4 is 5.32 Å². The van der Waals surface area contributed by atoms with E-state index >= 15 is 0 Å². The van der Waals surface area contributed by atoms with Crippen LogP contribution in [-0.2, 0) is 4.79 Å². The van der Waals surface area contributed by atoms with Crippen LogP contribution in [0.4, 0.5) is 0 Å². The fraction of sp³-hybridized carbons (Fsp3) is 0.312. The van der Waals surface area contributed by atoms with Gasteiger partial charge in [-0.1, -0.05) is 26.5 Å². The van der Waals surface area contributed by atoms with E-state index in [2.05, 4.69) is 51.7 Å². The van der Waals surface area contributed by atoms with Crippen LogP contribution in [0.25, 0.3) is 0 Å². The molecule has 0 spiro atoms. The molecule has 194 valence electrons. The van der Waals surface area contributed by atoms with Crippen molar-refractivity contribution in [2.45, 2.75) is 53.9 Å². The molecule has 5 aliphatic heterocycles. The minimum atomic E-state index is 0.117. The maximum absolute atomic E-state index is 11.3. The summed E-state index contributed by atoms with van der Waals surface area (Å²) in [6.45, 7) is 14.5. The van der Waals surface area contributed by atoms with Gasteiger partial charge in [-0.3, -0.25) is 0 Å². The summed E-state index contributed by atoms with van der Waals surface area (Å²) in [7, 11) is 0. The third kappa shape index (κ3) is 4.14. The Morgan fingerprint density at radius 2 is 1.66 bits per heavy atom. The van der Waals surface area contributed by atoms with Crippen molar-refractivity contribution < 1.29 is 9.90 Å². The van der Waals surface area contributed by atoms with Gasteiger partial charge in [-0.25, -0.2) is 15.0 Å². The van der Waals surface area contributed by atoms with Gasteiger partial charge in [0.1, 0.15) is 6.29 Å². The van der Waals surface area contributed by atoms with Crippen molar-refractivity contribution in [1.29, 1.82) is 0 Å². The fourth-order valence-electron chi connectivity index (χ4n) is 5.84. The lowest BCUT2D eigenvalue weighted by molar-refractivity contribution is -0.108. The van der Waals surface area contributed by atoms with E-state index in [0.29, 0.717) is 17.7 Å². The Morgan fingerprint density at radius 3 is 2.34 bits per heavy atom. The smallest absolute Gasteiger partial charge is 0.120 e. The van der Waals surface area contributed by atoms with Crippen LogP contribution in [0.5, 0.6) is 0 Å². The van der Waals surface area contributed by atoms with Gasteiger partial charge in [0.25, 0.3) is 0 Å². The summed E-state index contributed by atoms with van der Waals surface area (Å²) in [4.78, 5) is 26.2. The Labute approximate surface area is 224 Å². The first kappa shape index (κ1) is 25.6. The maximum atomic E-state index is 11.3. The van der Waals surface area contributed by atoms with Crippen molar-refractivity contribution in [3.8, 4) is 0 Å². The molecule has 1 saturated heterocycles. The van der Waals surface area contributed by atoms with E-state index in [9.17, 15) is 9.90 Å². The second kappa shape index (κ2) is 10.0. The van der Waals surface area contributed by atoms with Crippen LogP contribution in [0.1, 0.15) is 53.9 Å². The molecule has 0 aromatic carbocycles. The van der Waals surface area contributed by atoms with E-state index in [1.54, 1.807) is 0 Å². The predicted molar refractivity (Wildman–Crippen MR) is 155 cm³/mol. The number of aliphatic imine (C=N–C) groups is 3. The van der Waals surface area contributed by atoms with E-state index < -0.39 is 0 Å². The highest BCUT2D eigenvalue weighted by atomic mass is 16.2. The molecule has 0 aliphatic carbocycles. The normalized spacial score (nSPS) is 25.6. The number of fused-ring (bicyclic) bond motifs is 5. The maximum Gasteiger partial charge on any atom is 0.120 e. The van der Waals surface area contributed by atoms with E-state index in [0.717, 1.165) is 87.6 Å². The Balaban J connectivity index is 1.77. The van der Waals surface area contributed by atoms with Gasteiger partial charge in [0.15, 0.2) is 0 Å². The lowest BCUT2D eigenvalue weighted by atomic mass is 9.88. The number of allylic oxidation sites excluding steroid dienone is 12. The average Bonchev–Trinajstić information content (AvgIpc) is 3.56. The van der Waals surface area contributed by atoms with E-state index in [-0.39, 0.29) is 11.8 Å². The van der Waals surface area contributed by atoms with Gasteiger partial charge in [-0.2, -0.15) is 0 Å². The number of nitrogens with one attached hydrogen (secondary N) is 1. The van der Waals surface area contributed by atoms with Gasteiger partial charge in [-0.15, -0.1) is 0 Å². The Hall–Kier alpha value is -4.06. The molecule has 1 fully saturated rings. The summed E-state index contributed by atoms with van der Waals surface area (Å²) in [5.74, 6) is 0.274. The van der Waals surface area contributed by atoms with Gasteiger partial charge < -0.3 is 15.2 Å². The number of carbonyl (C=O) groups excluding carboxylic acids is 1. The highest BCUT2D eigenvalue weighted by Crippen LogP contribution is 2.40. The summed E-state index contributed by atoms with van der Waals surface area (Å²) in [5, 5.41) is 13.8. The molecule has 0 aromatic rings. The van der Waals surface area contributed by atoms with E-state index in [1.165, 1.54) is 5.57 Å². The first-order valence-electron chi connectivity index (χ1n) is 13.2. The van der Waals surface area contributed by atoms with Gasteiger partial charge in [-0.05, 0) is 80.2 Å². The van der Waals surface area contributed by atoms with E-state index in [4.69, 9.17) is 15.0 Å². The zero-order valence-electron chi connectivity index (χ0n) is 22.7. The molecular formula is C32H34N4O2. The Kier molecular flexibility index (Phi) is 6.74. The minimum absolute atomic E-state index is 0.117. The molecule has 2 atom stereocenters. The number of aldehydes is 1. The number of hydrogen-bond donors (Lipinski definition) is 2. The molecular weight excluding hydrogens is 472 g/mol. The SMILES string of the molecule is C=CC1=C(C)C2=NC1=CC1=NC(=CC3=C(C)/C(=C\O)C(=N3)C=C3NC(=C2)[C@@H](C)[C@@H]3CCC=O)C(CC)=C1C. The number of aliphatic hydroxyl groups excluding tert-OH is 1. The lowest BCUT2D eigenvalue weighted by Crippen LogP contribution is -2.11. The van der Waals surface area contributed by atoms with Crippen LogP contribution in [0.3, 0.4) is 0 Å². The van der Waals surface area contributed by atoms with Gasteiger partial charge in [0.05, 0.1) is 40.5 Å². The molecule has 5 aliphatic rings. The second-order valence-electron chi connectivity index (χ2n) is 10.3. The molecule has 6 nitrogen and oxygen atoms in total. The topological polar surface area (TPSA) is 86.4 Å². The van der Waals surface area contributed by atoms with Crippen LogP contribution >= 0.6 is 0 Å². The number of aliphatic hydroxyl groups is 1. The predicted octanol–water partition coefficient (Wildman–Crippen LogP) is 6.68. The summed E-state index contributed by atoms with van der Waals surface area (Å²) in [6, 6.07) is 0. The quantitative estimate of drug-likeness (QED) is 0.322. The van der Waals surface area contributed by atoms with Crippen molar-refractivity contribution in [2.75, 3.05) is 0 Å². The van der Waals surface area contributed by atoms with E-state index in [1.807, 2.05) is 25.2 Å². The Morgan fingerprint density at radius 1 is 0.947 bits per heavy atom. The first-order chi connectivity index (χ1) is 18.3. The molecule has 0 radical (unpaired) electrons. The van der Waals surface area contributed by atoms with Crippen molar-refractivity contribution >= 4 is 23.4 Å². The molecule has 38 heavy (non-hydrogen) atoms. The summed E-state index contributed by atoms with van der Waals surface area (Å²) in [5.41, 5.74) is 13.0. The summed E-state index contributed by atoms with van der Waals surface area (Å²) >= 11 is 0. The molecule has 2 N–H and O–H groups in total. The zero-order chi connectivity index (χ0) is 27.1. The van der Waals surface area contributed by atoms with Crippen LogP contribution in [-0.4, -0.2) is 28.5 Å². The van der Waals surface area contributed by atoms with Crippen LogP contribution in [0, 0.1) is 11.8 Å². The first-order valence-corrected chi connectivity index (χ1v) is 13.2. The molecule has 0 saturated carbocycles. The van der Waals surface area contributed by atoms with Crippen LogP contribution in [0.15, 0.2) is 120 Å². The van der Waals surface area contributed by atoms with Crippen molar-refractivity contribution in [3.05, 3.63) is 105 Å². The lowest BCUT2D eigenvalue weighted by Gasteiger charge is -2.14. The number of carbonyl (C=O) groups is 1. The third-order valence-electron chi connectivity index (χ3n) is 8.19. The number of nitrogens with zero attached hydrogens (tertiary/aromatic N) is 3. The van der Waals surface area contributed by atoms with Crippen molar-refractivity contribution in [1.82, 2.24) is 5.32 Å². The highest BCUT2D eigenvalue weighted by Gasteiger charge is 2.34. The molecule has 0 aromatic heterocycles. The zero-order valence-corrected chi connectivity index (χ0v) is 22.7. The largest absolute Gasteiger partial charge is 0.515 e. The molecule has 5 rings (SSSR count). The summed E-state index contributed by atoms with van der Waals surface area (Å²) in [6.07, 6.45) is 14.2. The standard InChI is InChI=1S/C32H34N4O2/c1-7-21-17(3)25-12-26-19(5)23(10-9-11-37)31(35-26)15-32-24(16-38)20(6)28(36-32)14-30-22(8-2)18(4)27(34-30)13-29(21)33-25/h7,11-16,19,23,35,38H,1,8-10H2,2-6H3/b24-16+,26-12?,29-13?,30-14?,31-15?/t19-,23-/m0/s1. The molecule has 8 bridgehead atoms. The Bertz CT molecular complexity index is 1490. The van der Waals surface area contributed by atoms with Gasteiger partial charge in [0.2, 0.25) is 0 Å². The highest BCUT2D eigenvalue weighted by molar-refractivity contribution is 6.17. The van der Waals surface area contributed by atoms with Crippen molar-refractivity contribution in [2.24, 2.45) is 26.8 Å². The molecule has 6 heteroatoms. The summed E-state index contributed by atoms with van der Waals surface area (Å²) < 4.78 is 0. The van der Waals surface area contributed by atoms with Gasteiger partial charge >= 0.3 is 0 Å². The monoisotopic (exact) mass is 506 g/mol. The third-order valence-corrected chi connectivity index (χ3v) is 8.19. The van der Waals surface area contributed by atoms with Gasteiger partial charge in [0, 0.05) is 40.8 Å². The number of rotatable bonds is 5. The minimum Gasteiger partial charge on any atom is -0.515 e. The molecule has 0 amide bonds. The molecule has 0 unspecified atom stereocenters. The van der Waals surface area contributed by atoms with Crippen molar-refractivity contribution in [3.63, 3.8) is 0 Å². The second-order valence-corrected chi connectivity index (χ2v) is 10.3. The van der Waals surface area contributed by atoms with Crippen LogP contribution in [0.2, 0.25) is 0 Å². The number of hydrogen-bond acceptors (Lipinski definition) is 6. The fourth-order valence-corrected chi connectivity index (χ4v) is 5.84.